The van der Waals surface area contributed by atoms with E-state index in [1.165, 1.54) is 23.1 Å². The molecule has 0 aliphatic heterocycles. The highest BCUT2D eigenvalue weighted by Gasteiger charge is 2.20. The second-order valence-corrected chi connectivity index (χ2v) is 6.49. The van der Waals surface area contributed by atoms with Gasteiger partial charge in [-0.2, -0.15) is 0 Å². The Hall–Kier alpha value is -1.86. The van der Waals surface area contributed by atoms with Crippen LogP contribution in [0.1, 0.15) is 21.1 Å². The largest absolute Gasteiger partial charge is 0.475 e. The number of fused-ring (bicyclic) bond motifs is 1. The van der Waals surface area contributed by atoms with Gasteiger partial charge in [0.25, 0.3) is 0 Å². The zero-order valence-electron chi connectivity index (χ0n) is 10.5. The van der Waals surface area contributed by atoms with Crippen LogP contribution in [-0.2, 0) is 5.75 Å². The second-order valence-electron chi connectivity index (χ2n) is 4.09. The number of aromatic carboxylic acids is 1. The highest BCUT2D eigenvalue weighted by Crippen LogP contribution is 2.32. The average Bonchev–Trinajstić information content (AvgIpc) is 3.00. The molecule has 3 rings (SSSR count). The van der Waals surface area contributed by atoms with E-state index in [1.807, 2.05) is 25.1 Å². The number of carbonyl (C=O) groups is 1. The standard InChI is InChI=1S/C13H10N2O3S2/c1-7-14-15-13(20-7)19-6-9-8-4-2-3-5-10(8)18-11(9)12(16)17/h2-5H,6H2,1H3,(H,16,17). The predicted molar refractivity (Wildman–Crippen MR) is 77.4 cm³/mol. The van der Waals surface area contributed by atoms with Crippen molar-refractivity contribution >= 4 is 40.0 Å². The molecular formula is C13H10N2O3S2. The van der Waals surface area contributed by atoms with Crippen molar-refractivity contribution < 1.29 is 14.3 Å². The van der Waals surface area contributed by atoms with E-state index < -0.39 is 5.97 Å². The first-order valence-corrected chi connectivity index (χ1v) is 7.62. The van der Waals surface area contributed by atoms with Crippen LogP contribution in [0.3, 0.4) is 0 Å². The lowest BCUT2D eigenvalue weighted by Crippen LogP contribution is -1.97. The van der Waals surface area contributed by atoms with Crippen molar-refractivity contribution in [3.8, 4) is 0 Å². The van der Waals surface area contributed by atoms with Gasteiger partial charge in [-0.05, 0) is 13.0 Å². The fraction of sp³-hybridized carbons (Fsp3) is 0.154. The van der Waals surface area contributed by atoms with Crippen LogP contribution in [0.25, 0.3) is 11.0 Å². The lowest BCUT2D eigenvalue weighted by Gasteiger charge is -1.97. The Kier molecular flexibility index (Phi) is 3.45. The number of aryl methyl sites for hydroxylation is 1. The Morgan fingerprint density at radius 3 is 2.90 bits per heavy atom. The first-order valence-electron chi connectivity index (χ1n) is 5.82. The second kappa shape index (κ2) is 5.26. The highest BCUT2D eigenvalue weighted by molar-refractivity contribution is 8.00. The van der Waals surface area contributed by atoms with Gasteiger partial charge in [0.2, 0.25) is 5.76 Å². The summed E-state index contributed by atoms with van der Waals surface area (Å²) >= 11 is 2.96. The lowest BCUT2D eigenvalue weighted by molar-refractivity contribution is 0.0664. The number of thioether (sulfide) groups is 1. The summed E-state index contributed by atoms with van der Waals surface area (Å²) in [6.07, 6.45) is 0. The fourth-order valence-electron chi connectivity index (χ4n) is 1.89. The molecule has 0 unspecified atom stereocenters. The number of furan rings is 1. The molecule has 0 aliphatic rings. The molecule has 7 heteroatoms. The highest BCUT2D eigenvalue weighted by atomic mass is 32.2. The quantitative estimate of drug-likeness (QED) is 0.742. The minimum Gasteiger partial charge on any atom is -0.475 e. The van der Waals surface area contributed by atoms with E-state index in [9.17, 15) is 9.90 Å². The first kappa shape index (κ1) is 13.1. The van der Waals surface area contributed by atoms with Gasteiger partial charge in [-0.3, -0.25) is 0 Å². The molecule has 0 atom stereocenters. The van der Waals surface area contributed by atoms with Gasteiger partial charge in [0.05, 0.1) is 0 Å². The van der Waals surface area contributed by atoms with E-state index in [0.29, 0.717) is 16.9 Å². The van der Waals surface area contributed by atoms with Crippen molar-refractivity contribution in [1.29, 1.82) is 0 Å². The molecule has 0 saturated heterocycles. The predicted octanol–water partition coefficient (Wildman–Crippen LogP) is 3.58. The van der Waals surface area contributed by atoms with Crippen molar-refractivity contribution in [2.75, 3.05) is 0 Å². The van der Waals surface area contributed by atoms with Crippen LogP contribution >= 0.6 is 23.1 Å². The molecule has 0 bridgehead atoms. The lowest BCUT2D eigenvalue weighted by atomic mass is 10.1. The summed E-state index contributed by atoms with van der Waals surface area (Å²) in [6, 6.07) is 7.33. The maximum atomic E-state index is 11.3. The van der Waals surface area contributed by atoms with Crippen molar-refractivity contribution in [2.45, 2.75) is 17.0 Å². The van der Waals surface area contributed by atoms with Gasteiger partial charge in [-0.25, -0.2) is 4.79 Å². The topological polar surface area (TPSA) is 76.2 Å². The van der Waals surface area contributed by atoms with Crippen LogP contribution < -0.4 is 0 Å². The Morgan fingerprint density at radius 2 is 2.20 bits per heavy atom. The number of aromatic nitrogens is 2. The number of benzene rings is 1. The number of hydrogen-bond acceptors (Lipinski definition) is 6. The molecule has 1 aromatic carbocycles. The molecule has 5 nitrogen and oxygen atoms in total. The maximum absolute atomic E-state index is 11.3. The third-order valence-corrected chi connectivity index (χ3v) is 4.74. The molecule has 0 amide bonds. The Labute approximate surface area is 122 Å². The Morgan fingerprint density at radius 1 is 1.40 bits per heavy atom. The average molecular weight is 306 g/mol. The summed E-state index contributed by atoms with van der Waals surface area (Å²) in [5.41, 5.74) is 1.28. The monoisotopic (exact) mass is 306 g/mol. The molecule has 0 saturated carbocycles. The van der Waals surface area contributed by atoms with Crippen molar-refractivity contribution in [3.63, 3.8) is 0 Å². The van der Waals surface area contributed by atoms with Gasteiger partial charge >= 0.3 is 5.97 Å². The molecule has 2 heterocycles. The zero-order chi connectivity index (χ0) is 14.1. The van der Waals surface area contributed by atoms with Crippen molar-refractivity contribution in [3.05, 3.63) is 40.6 Å². The maximum Gasteiger partial charge on any atom is 0.372 e. The van der Waals surface area contributed by atoms with Gasteiger partial charge in [0.1, 0.15) is 10.6 Å². The molecule has 0 aliphatic carbocycles. The van der Waals surface area contributed by atoms with Gasteiger partial charge in [0, 0.05) is 16.7 Å². The third kappa shape index (κ3) is 2.41. The first-order chi connectivity index (χ1) is 9.65. The van der Waals surface area contributed by atoms with E-state index in [-0.39, 0.29) is 5.76 Å². The van der Waals surface area contributed by atoms with Crippen LogP contribution in [0.4, 0.5) is 0 Å². The van der Waals surface area contributed by atoms with E-state index in [0.717, 1.165) is 14.7 Å². The summed E-state index contributed by atoms with van der Waals surface area (Å²) in [6.45, 7) is 1.89. The van der Waals surface area contributed by atoms with Gasteiger partial charge in [-0.15, -0.1) is 10.2 Å². The minimum absolute atomic E-state index is 0.0000581. The van der Waals surface area contributed by atoms with E-state index in [1.54, 1.807) is 6.07 Å². The van der Waals surface area contributed by atoms with Crippen molar-refractivity contribution in [1.82, 2.24) is 10.2 Å². The van der Waals surface area contributed by atoms with E-state index >= 15 is 0 Å². The molecule has 0 spiro atoms. The van der Waals surface area contributed by atoms with Gasteiger partial charge in [-0.1, -0.05) is 41.3 Å². The van der Waals surface area contributed by atoms with E-state index in [2.05, 4.69) is 10.2 Å². The molecule has 102 valence electrons. The van der Waals surface area contributed by atoms with Crippen LogP contribution in [0.2, 0.25) is 0 Å². The van der Waals surface area contributed by atoms with Crippen molar-refractivity contribution in [2.24, 2.45) is 0 Å². The Bertz CT molecular complexity index is 779. The summed E-state index contributed by atoms with van der Waals surface area (Å²) in [7, 11) is 0. The fourth-order valence-corrected chi connectivity index (χ4v) is 3.73. The minimum atomic E-state index is -1.05. The zero-order valence-corrected chi connectivity index (χ0v) is 12.1. The molecule has 3 aromatic rings. The number of para-hydroxylation sites is 1. The van der Waals surface area contributed by atoms with Gasteiger partial charge < -0.3 is 9.52 Å². The molecule has 20 heavy (non-hydrogen) atoms. The molecule has 0 fully saturated rings. The number of carboxylic acids is 1. The van der Waals surface area contributed by atoms with E-state index in [4.69, 9.17) is 4.42 Å². The number of carboxylic acid groups (broad SMARTS) is 1. The number of nitrogens with zero attached hydrogens (tertiary/aromatic N) is 2. The molecule has 2 aromatic heterocycles. The Balaban J connectivity index is 1.96. The van der Waals surface area contributed by atoms with Gasteiger partial charge in [0.15, 0.2) is 4.34 Å². The van der Waals surface area contributed by atoms with Crippen LogP contribution in [0, 0.1) is 6.92 Å². The van der Waals surface area contributed by atoms with Crippen LogP contribution in [-0.4, -0.2) is 21.3 Å². The summed E-state index contributed by atoms with van der Waals surface area (Å²) in [5, 5.41) is 18.9. The summed E-state index contributed by atoms with van der Waals surface area (Å²) < 4.78 is 6.23. The SMILES string of the molecule is Cc1nnc(SCc2c(C(=O)O)oc3ccccc23)s1. The third-order valence-electron chi connectivity index (χ3n) is 2.74. The van der Waals surface area contributed by atoms with Crippen LogP contribution in [0.5, 0.6) is 0 Å². The molecular weight excluding hydrogens is 296 g/mol. The smallest absolute Gasteiger partial charge is 0.372 e. The number of hydrogen-bond donors (Lipinski definition) is 1. The van der Waals surface area contributed by atoms with Crippen LogP contribution in [0.15, 0.2) is 33.0 Å². The molecule has 0 radical (unpaired) electrons. The number of rotatable bonds is 4. The summed E-state index contributed by atoms with van der Waals surface area (Å²) in [5.74, 6) is -0.557. The summed E-state index contributed by atoms with van der Waals surface area (Å²) in [4.78, 5) is 11.3. The molecule has 1 N–H and O–H groups in total. The normalized spacial score (nSPS) is 11.1.